The van der Waals surface area contributed by atoms with Gasteiger partial charge in [-0.05, 0) is 25.0 Å². The van der Waals surface area contributed by atoms with Gasteiger partial charge in [0.2, 0.25) is 0 Å². The minimum absolute atomic E-state index is 0.169. The Morgan fingerprint density at radius 2 is 1.70 bits per heavy atom. The Morgan fingerprint density at radius 1 is 0.957 bits per heavy atom. The van der Waals surface area contributed by atoms with Crippen molar-refractivity contribution in [1.82, 2.24) is 9.80 Å². The Hall–Kier alpha value is -1.14. The fourth-order valence-corrected chi connectivity index (χ4v) is 3.88. The molecule has 2 fully saturated rings. The zero-order valence-corrected chi connectivity index (χ0v) is 13.8. The number of anilines is 1. The lowest BCUT2D eigenvalue weighted by Gasteiger charge is -2.39. The van der Waals surface area contributed by atoms with E-state index in [0.717, 1.165) is 45.6 Å². The summed E-state index contributed by atoms with van der Waals surface area (Å²) in [6.45, 7) is 6.38. The first-order valence-electron chi connectivity index (χ1n) is 8.81. The van der Waals surface area contributed by atoms with Crippen LogP contribution < -0.4 is 4.90 Å². The average molecular weight is 319 g/mol. The molecule has 0 radical (unpaired) electrons. The summed E-state index contributed by atoms with van der Waals surface area (Å²) in [5.74, 6) is 0. The van der Waals surface area contributed by atoms with Gasteiger partial charge in [0.25, 0.3) is 0 Å². The molecule has 0 unspecified atom stereocenters. The van der Waals surface area contributed by atoms with E-state index < -0.39 is 0 Å². The summed E-state index contributed by atoms with van der Waals surface area (Å²) in [6.07, 6.45) is 2.00. The van der Waals surface area contributed by atoms with Crippen LogP contribution in [0.15, 0.2) is 30.3 Å². The summed E-state index contributed by atoms with van der Waals surface area (Å²) >= 11 is 0. The molecular weight excluding hydrogens is 290 g/mol. The van der Waals surface area contributed by atoms with E-state index in [1.54, 1.807) is 0 Å². The predicted molar refractivity (Wildman–Crippen MR) is 92.8 cm³/mol. The molecule has 128 valence electrons. The first kappa shape index (κ1) is 16.7. The minimum Gasteiger partial charge on any atom is -0.395 e. The van der Waals surface area contributed by atoms with Crippen molar-refractivity contribution in [2.75, 3.05) is 57.3 Å². The summed E-state index contributed by atoms with van der Waals surface area (Å²) in [6, 6.07) is 11.2. The van der Waals surface area contributed by atoms with Crippen LogP contribution in [0.1, 0.15) is 12.8 Å². The molecular formula is C18H29N3O2. The van der Waals surface area contributed by atoms with E-state index in [9.17, 15) is 5.11 Å². The second kappa shape index (κ2) is 8.11. The highest BCUT2D eigenvalue weighted by Crippen LogP contribution is 2.23. The maximum Gasteiger partial charge on any atom is 0.0793 e. The van der Waals surface area contributed by atoms with Gasteiger partial charge in [-0.25, -0.2) is 0 Å². The summed E-state index contributed by atoms with van der Waals surface area (Å²) < 4.78 is 0. The maximum absolute atomic E-state index is 10.2. The van der Waals surface area contributed by atoms with Crippen LogP contribution in [0.4, 0.5) is 5.69 Å². The Kier molecular flexibility index (Phi) is 5.89. The van der Waals surface area contributed by atoms with Crippen LogP contribution in [0.2, 0.25) is 0 Å². The zero-order valence-electron chi connectivity index (χ0n) is 13.8. The first-order chi connectivity index (χ1) is 11.3. The van der Waals surface area contributed by atoms with Crippen LogP contribution in [0, 0.1) is 0 Å². The Balaban J connectivity index is 1.53. The standard InChI is InChI=1S/C18H29N3O2/c22-13-12-19-10-11-21(15-18(23)14-19)17-6-8-20(9-7-17)16-4-2-1-3-5-16/h1-5,17-18,22-23H,6-15H2/t18-/m0/s1. The van der Waals surface area contributed by atoms with E-state index in [0.29, 0.717) is 19.1 Å². The molecule has 2 aliphatic heterocycles. The molecule has 0 aliphatic carbocycles. The lowest BCUT2D eigenvalue weighted by atomic mass is 10.0. The van der Waals surface area contributed by atoms with E-state index >= 15 is 0 Å². The number of aliphatic hydroxyl groups is 2. The van der Waals surface area contributed by atoms with Crippen LogP contribution in [0.25, 0.3) is 0 Å². The Labute approximate surface area is 139 Å². The van der Waals surface area contributed by atoms with Gasteiger partial charge in [-0.3, -0.25) is 9.80 Å². The summed E-state index contributed by atoms with van der Waals surface area (Å²) in [4.78, 5) is 7.09. The molecule has 0 amide bonds. The smallest absolute Gasteiger partial charge is 0.0793 e. The average Bonchev–Trinajstić information content (AvgIpc) is 2.77. The van der Waals surface area contributed by atoms with E-state index in [2.05, 4.69) is 45.0 Å². The van der Waals surface area contributed by atoms with Gasteiger partial charge in [0.1, 0.15) is 0 Å². The quantitative estimate of drug-likeness (QED) is 0.852. The fourth-order valence-electron chi connectivity index (χ4n) is 3.88. The number of piperidine rings is 1. The van der Waals surface area contributed by atoms with Crippen molar-refractivity contribution in [3.05, 3.63) is 30.3 Å². The van der Waals surface area contributed by atoms with Crippen molar-refractivity contribution in [3.63, 3.8) is 0 Å². The lowest BCUT2D eigenvalue weighted by Crippen LogP contribution is -2.47. The predicted octanol–water partition coefficient (Wildman–Crippen LogP) is 0.626. The van der Waals surface area contributed by atoms with Crippen molar-refractivity contribution >= 4 is 5.69 Å². The topological polar surface area (TPSA) is 50.2 Å². The van der Waals surface area contributed by atoms with Crippen molar-refractivity contribution < 1.29 is 10.2 Å². The Bertz CT molecular complexity index is 463. The largest absolute Gasteiger partial charge is 0.395 e. The zero-order chi connectivity index (χ0) is 16.1. The van der Waals surface area contributed by atoms with E-state index in [-0.39, 0.29) is 12.7 Å². The molecule has 2 aliphatic rings. The molecule has 0 aromatic heterocycles. The fraction of sp³-hybridized carbons (Fsp3) is 0.667. The van der Waals surface area contributed by atoms with Gasteiger partial charge in [0, 0.05) is 57.5 Å². The molecule has 0 spiro atoms. The van der Waals surface area contributed by atoms with Gasteiger partial charge in [0.05, 0.1) is 12.7 Å². The van der Waals surface area contributed by atoms with Crippen LogP contribution >= 0.6 is 0 Å². The molecule has 0 saturated carbocycles. The third-order valence-corrected chi connectivity index (χ3v) is 5.14. The number of nitrogens with zero attached hydrogens (tertiary/aromatic N) is 3. The molecule has 1 aromatic rings. The number of β-amino-alcohol motifs (C(OH)–C–C–N with tert-alkyl or cyclic N) is 2. The number of hydrogen-bond acceptors (Lipinski definition) is 5. The number of benzene rings is 1. The summed E-state index contributed by atoms with van der Waals surface area (Å²) in [5.41, 5.74) is 1.32. The van der Waals surface area contributed by atoms with Crippen LogP contribution in [0.3, 0.4) is 0 Å². The highest BCUT2D eigenvalue weighted by Gasteiger charge is 2.29. The van der Waals surface area contributed by atoms with E-state index in [4.69, 9.17) is 5.11 Å². The van der Waals surface area contributed by atoms with Crippen LogP contribution in [-0.2, 0) is 0 Å². The highest BCUT2D eigenvalue weighted by atomic mass is 16.3. The van der Waals surface area contributed by atoms with Crippen molar-refractivity contribution in [1.29, 1.82) is 0 Å². The molecule has 5 nitrogen and oxygen atoms in total. The molecule has 2 N–H and O–H groups in total. The van der Waals surface area contributed by atoms with Gasteiger partial charge >= 0.3 is 0 Å². The van der Waals surface area contributed by atoms with E-state index in [1.165, 1.54) is 5.69 Å². The van der Waals surface area contributed by atoms with Crippen LogP contribution in [0.5, 0.6) is 0 Å². The number of hydrogen-bond donors (Lipinski definition) is 2. The third kappa shape index (κ3) is 4.44. The molecule has 5 heteroatoms. The van der Waals surface area contributed by atoms with Gasteiger partial charge < -0.3 is 15.1 Å². The molecule has 2 saturated heterocycles. The maximum atomic E-state index is 10.2. The second-order valence-corrected chi connectivity index (χ2v) is 6.73. The second-order valence-electron chi connectivity index (χ2n) is 6.73. The molecule has 3 rings (SSSR count). The molecule has 1 aromatic carbocycles. The SMILES string of the molecule is OCCN1CCN(C2CCN(c3ccccc3)CC2)C[C@@H](O)C1. The summed E-state index contributed by atoms with van der Waals surface area (Å²) in [5, 5.41) is 19.3. The molecule has 1 atom stereocenters. The van der Waals surface area contributed by atoms with Gasteiger partial charge in [-0.2, -0.15) is 0 Å². The number of rotatable bonds is 4. The first-order valence-corrected chi connectivity index (χ1v) is 8.81. The number of para-hydroxylation sites is 1. The lowest BCUT2D eigenvalue weighted by molar-refractivity contribution is 0.0853. The minimum atomic E-state index is -0.309. The van der Waals surface area contributed by atoms with Gasteiger partial charge in [0.15, 0.2) is 0 Å². The van der Waals surface area contributed by atoms with Gasteiger partial charge in [-0.15, -0.1) is 0 Å². The normalized spacial score (nSPS) is 25.5. The molecule has 23 heavy (non-hydrogen) atoms. The van der Waals surface area contributed by atoms with Crippen molar-refractivity contribution in [3.8, 4) is 0 Å². The van der Waals surface area contributed by atoms with Crippen molar-refractivity contribution in [2.45, 2.75) is 25.0 Å². The summed E-state index contributed by atoms with van der Waals surface area (Å²) in [7, 11) is 0. The molecule has 0 bridgehead atoms. The van der Waals surface area contributed by atoms with Gasteiger partial charge in [-0.1, -0.05) is 18.2 Å². The Morgan fingerprint density at radius 3 is 2.39 bits per heavy atom. The highest BCUT2D eigenvalue weighted by molar-refractivity contribution is 5.46. The number of aliphatic hydroxyl groups excluding tert-OH is 2. The van der Waals surface area contributed by atoms with Crippen molar-refractivity contribution in [2.24, 2.45) is 0 Å². The monoisotopic (exact) mass is 319 g/mol. The third-order valence-electron chi connectivity index (χ3n) is 5.14. The molecule has 2 heterocycles. The van der Waals surface area contributed by atoms with E-state index in [1.807, 2.05) is 0 Å². The van der Waals surface area contributed by atoms with Crippen LogP contribution in [-0.4, -0.2) is 84.6 Å².